The Morgan fingerprint density at radius 2 is 1.89 bits per heavy atom. The van der Waals surface area contributed by atoms with Gasteiger partial charge in [0.2, 0.25) is 5.91 Å². The molecule has 1 amide bonds. The van der Waals surface area contributed by atoms with Crippen LogP contribution in [0, 0.1) is 0 Å². The standard InChI is InChI=1S/C13H21N3O.2ClH/c1-16(9-5-8-15-13(17)10-14)11-12-6-3-2-4-7-12;;/h2-4,6-7H,5,8-11,14H2,1H3,(H,15,17);2*1H. The minimum Gasteiger partial charge on any atom is -0.355 e. The molecule has 1 aromatic rings. The summed E-state index contributed by atoms with van der Waals surface area (Å²) in [5.41, 5.74) is 6.50. The van der Waals surface area contributed by atoms with E-state index in [0.717, 1.165) is 19.5 Å². The fourth-order valence-corrected chi connectivity index (χ4v) is 1.62. The first-order valence-corrected chi connectivity index (χ1v) is 5.91. The van der Waals surface area contributed by atoms with Gasteiger partial charge in [-0.2, -0.15) is 0 Å². The van der Waals surface area contributed by atoms with Gasteiger partial charge >= 0.3 is 0 Å². The first-order chi connectivity index (χ1) is 8.22. The maximum atomic E-state index is 10.9. The highest BCUT2D eigenvalue weighted by atomic mass is 35.5. The van der Waals surface area contributed by atoms with Gasteiger partial charge in [0, 0.05) is 13.1 Å². The van der Waals surface area contributed by atoms with Gasteiger partial charge in [0.15, 0.2) is 0 Å². The van der Waals surface area contributed by atoms with Gasteiger partial charge in [-0.1, -0.05) is 30.3 Å². The highest BCUT2D eigenvalue weighted by Crippen LogP contribution is 2.02. The van der Waals surface area contributed by atoms with Crippen LogP contribution in [0.15, 0.2) is 30.3 Å². The summed E-state index contributed by atoms with van der Waals surface area (Å²) in [7, 11) is 2.08. The minimum absolute atomic E-state index is 0. The van der Waals surface area contributed by atoms with Crippen LogP contribution >= 0.6 is 24.8 Å². The third-order valence-corrected chi connectivity index (χ3v) is 2.52. The van der Waals surface area contributed by atoms with Crippen molar-refractivity contribution >= 4 is 30.7 Å². The molecule has 19 heavy (non-hydrogen) atoms. The molecule has 0 fully saturated rings. The van der Waals surface area contributed by atoms with Crippen LogP contribution in [0.5, 0.6) is 0 Å². The second kappa shape index (κ2) is 12.2. The number of amides is 1. The van der Waals surface area contributed by atoms with E-state index in [2.05, 4.69) is 29.4 Å². The summed E-state index contributed by atoms with van der Waals surface area (Å²) < 4.78 is 0. The molecule has 0 atom stereocenters. The number of carbonyl (C=O) groups excluding carboxylic acids is 1. The first kappa shape index (κ1) is 20.5. The lowest BCUT2D eigenvalue weighted by Crippen LogP contribution is -2.32. The van der Waals surface area contributed by atoms with Crippen molar-refractivity contribution < 1.29 is 4.79 Å². The van der Waals surface area contributed by atoms with Crippen molar-refractivity contribution in [3.8, 4) is 0 Å². The van der Waals surface area contributed by atoms with Gasteiger partial charge in [-0.25, -0.2) is 0 Å². The predicted molar refractivity (Wildman–Crippen MR) is 84.0 cm³/mol. The molecule has 0 radical (unpaired) electrons. The Kier molecular flexibility index (Phi) is 13.2. The van der Waals surface area contributed by atoms with E-state index in [1.807, 2.05) is 18.2 Å². The summed E-state index contributed by atoms with van der Waals surface area (Å²) in [5.74, 6) is -0.0873. The van der Waals surface area contributed by atoms with Crippen molar-refractivity contribution in [3.63, 3.8) is 0 Å². The third-order valence-electron chi connectivity index (χ3n) is 2.52. The summed E-state index contributed by atoms with van der Waals surface area (Å²) >= 11 is 0. The highest BCUT2D eigenvalue weighted by Gasteiger charge is 2.00. The van der Waals surface area contributed by atoms with Gasteiger partial charge in [0.05, 0.1) is 6.54 Å². The molecule has 0 spiro atoms. The van der Waals surface area contributed by atoms with E-state index >= 15 is 0 Å². The van der Waals surface area contributed by atoms with Crippen molar-refractivity contribution in [1.29, 1.82) is 0 Å². The van der Waals surface area contributed by atoms with Crippen LogP contribution in [0.1, 0.15) is 12.0 Å². The Hall–Kier alpha value is -0.810. The first-order valence-electron chi connectivity index (χ1n) is 5.91. The zero-order valence-electron chi connectivity index (χ0n) is 11.2. The Morgan fingerprint density at radius 1 is 1.26 bits per heavy atom. The van der Waals surface area contributed by atoms with Crippen LogP contribution < -0.4 is 11.1 Å². The lowest BCUT2D eigenvalue weighted by molar-refractivity contribution is -0.119. The monoisotopic (exact) mass is 307 g/mol. The third kappa shape index (κ3) is 9.73. The zero-order valence-corrected chi connectivity index (χ0v) is 12.8. The number of halogens is 2. The molecule has 0 heterocycles. The van der Waals surface area contributed by atoms with E-state index in [4.69, 9.17) is 5.73 Å². The molecule has 0 aliphatic heterocycles. The lowest BCUT2D eigenvalue weighted by atomic mass is 10.2. The smallest absolute Gasteiger partial charge is 0.233 e. The largest absolute Gasteiger partial charge is 0.355 e. The maximum Gasteiger partial charge on any atom is 0.233 e. The van der Waals surface area contributed by atoms with Gasteiger partial charge in [-0.15, -0.1) is 24.8 Å². The van der Waals surface area contributed by atoms with Gasteiger partial charge in [0.1, 0.15) is 0 Å². The fourth-order valence-electron chi connectivity index (χ4n) is 1.62. The number of hydrogen-bond acceptors (Lipinski definition) is 3. The van der Waals surface area contributed by atoms with Crippen LogP contribution in [0.3, 0.4) is 0 Å². The molecule has 0 bridgehead atoms. The normalized spacial score (nSPS) is 9.42. The van der Waals surface area contributed by atoms with Crippen molar-refractivity contribution in [1.82, 2.24) is 10.2 Å². The Bertz CT molecular complexity index is 336. The number of carbonyl (C=O) groups is 1. The summed E-state index contributed by atoms with van der Waals surface area (Å²) in [6, 6.07) is 10.3. The molecule has 110 valence electrons. The van der Waals surface area contributed by atoms with Crippen molar-refractivity contribution in [2.24, 2.45) is 5.73 Å². The fraction of sp³-hybridized carbons (Fsp3) is 0.462. The van der Waals surface area contributed by atoms with E-state index in [1.165, 1.54) is 5.56 Å². The summed E-state index contributed by atoms with van der Waals surface area (Å²) in [6.45, 7) is 2.65. The van der Waals surface area contributed by atoms with Gasteiger partial charge in [0.25, 0.3) is 0 Å². The maximum absolute atomic E-state index is 10.9. The molecule has 0 aliphatic carbocycles. The molecule has 0 unspecified atom stereocenters. The quantitative estimate of drug-likeness (QED) is 0.749. The number of nitrogens with one attached hydrogen (secondary N) is 1. The van der Waals surface area contributed by atoms with Gasteiger partial charge in [-0.05, 0) is 25.6 Å². The number of hydrogen-bond donors (Lipinski definition) is 2. The molecule has 0 aliphatic rings. The molecule has 0 saturated carbocycles. The van der Waals surface area contributed by atoms with E-state index in [0.29, 0.717) is 6.54 Å². The Morgan fingerprint density at radius 3 is 2.47 bits per heavy atom. The van der Waals surface area contributed by atoms with E-state index < -0.39 is 0 Å². The average molecular weight is 308 g/mol. The molecule has 0 saturated heterocycles. The molecule has 3 N–H and O–H groups in total. The second-order valence-corrected chi connectivity index (χ2v) is 4.13. The highest BCUT2D eigenvalue weighted by molar-refractivity contribution is 5.85. The van der Waals surface area contributed by atoms with Crippen molar-refractivity contribution in [2.45, 2.75) is 13.0 Å². The molecule has 1 aromatic carbocycles. The van der Waals surface area contributed by atoms with E-state index in [9.17, 15) is 4.79 Å². The van der Waals surface area contributed by atoms with Crippen molar-refractivity contribution in [3.05, 3.63) is 35.9 Å². The Balaban J connectivity index is 0. The molecule has 4 nitrogen and oxygen atoms in total. The van der Waals surface area contributed by atoms with Crippen LogP contribution in [0.4, 0.5) is 0 Å². The van der Waals surface area contributed by atoms with Gasteiger partial charge < -0.3 is 16.0 Å². The number of nitrogens with zero attached hydrogens (tertiary/aromatic N) is 1. The number of nitrogens with two attached hydrogens (primary N) is 1. The van der Waals surface area contributed by atoms with Crippen LogP contribution in [0.25, 0.3) is 0 Å². The van der Waals surface area contributed by atoms with Crippen molar-refractivity contribution in [2.75, 3.05) is 26.7 Å². The molecule has 6 heteroatoms. The van der Waals surface area contributed by atoms with Crippen LogP contribution in [0.2, 0.25) is 0 Å². The molecule has 1 rings (SSSR count). The topological polar surface area (TPSA) is 58.4 Å². The SMILES string of the molecule is CN(CCCNC(=O)CN)Cc1ccccc1.Cl.Cl. The lowest BCUT2D eigenvalue weighted by Gasteiger charge is -2.16. The van der Waals surface area contributed by atoms with E-state index in [1.54, 1.807) is 0 Å². The second-order valence-electron chi connectivity index (χ2n) is 4.13. The van der Waals surface area contributed by atoms with Crippen LogP contribution in [-0.4, -0.2) is 37.5 Å². The zero-order chi connectivity index (χ0) is 12.5. The summed E-state index contributed by atoms with van der Waals surface area (Å²) in [4.78, 5) is 13.1. The number of rotatable bonds is 7. The molecular weight excluding hydrogens is 285 g/mol. The minimum atomic E-state index is -0.0873. The average Bonchev–Trinajstić information content (AvgIpc) is 2.35. The van der Waals surface area contributed by atoms with Crippen LogP contribution in [-0.2, 0) is 11.3 Å². The van der Waals surface area contributed by atoms with E-state index in [-0.39, 0.29) is 37.3 Å². The predicted octanol–water partition coefficient (Wildman–Crippen LogP) is 1.43. The Labute approximate surface area is 127 Å². The van der Waals surface area contributed by atoms with Gasteiger partial charge in [-0.3, -0.25) is 4.79 Å². The molecule has 0 aromatic heterocycles. The molecular formula is C13H23Cl2N3O. The number of benzene rings is 1. The summed E-state index contributed by atoms with van der Waals surface area (Å²) in [6.07, 6.45) is 0.940. The summed E-state index contributed by atoms with van der Waals surface area (Å²) in [5, 5.41) is 2.76.